The number of amides is 1. The Bertz CT molecular complexity index is 1240. The fourth-order valence-corrected chi connectivity index (χ4v) is 4.43. The second-order valence-electron chi connectivity index (χ2n) is 8.46. The van der Waals surface area contributed by atoms with Gasteiger partial charge in [-0.05, 0) is 49.1 Å². The van der Waals surface area contributed by atoms with Crippen molar-refractivity contribution in [3.63, 3.8) is 0 Å². The van der Waals surface area contributed by atoms with Crippen LogP contribution in [0.1, 0.15) is 54.0 Å². The number of benzene rings is 2. The van der Waals surface area contributed by atoms with Gasteiger partial charge in [0.25, 0.3) is 5.91 Å². The zero-order valence-electron chi connectivity index (χ0n) is 18.7. The number of carbonyl (C=O) groups is 1. The van der Waals surface area contributed by atoms with Crippen molar-refractivity contribution in [3.8, 4) is 5.69 Å². The molecule has 1 amide bonds. The standard InChI is InChI=1S/C24H27FN4O3/c1-5-27-22(13-30)26-29(24(27)32)21-11-16-17(10-19(21)25)23(31)28(12-18(16)14(2)3)20-9-7-6-8-15(20)4/h6-11,14,18,30H,5,12-13H2,1-4H3/t18-/m1/s1. The third-order valence-corrected chi connectivity index (χ3v) is 6.21. The summed E-state index contributed by atoms with van der Waals surface area (Å²) in [6.45, 7) is 8.15. The first-order chi connectivity index (χ1) is 15.3. The van der Waals surface area contributed by atoms with Crippen LogP contribution in [0.5, 0.6) is 0 Å². The molecular weight excluding hydrogens is 411 g/mol. The van der Waals surface area contributed by atoms with Gasteiger partial charge in [-0.1, -0.05) is 32.0 Å². The van der Waals surface area contributed by atoms with Gasteiger partial charge in [0.05, 0.1) is 0 Å². The summed E-state index contributed by atoms with van der Waals surface area (Å²) in [5.41, 5.74) is 2.24. The SMILES string of the molecule is CCn1c(CO)nn(-c2cc3c(cc2F)C(=O)N(c2ccccc2C)C[C@@H]3C(C)C)c1=O. The first-order valence-corrected chi connectivity index (χ1v) is 10.8. The summed E-state index contributed by atoms with van der Waals surface area (Å²) in [5.74, 6) is -0.693. The van der Waals surface area contributed by atoms with Crippen LogP contribution in [-0.2, 0) is 13.2 Å². The molecule has 2 heterocycles. The monoisotopic (exact) mass is 438 g/mol. The third-order valence-electron chi connectivity index (χ3n) is 6.21. The van der Waals surface area contributed by atoms with Crippen molar-refractivity contribution in [1.82, 2.24) is 14.3 Å². The number of anilines is 1. The lowest BCUT2D eigenvalue weighted by molar-refractivity contribution is 0.0973. The fraction of sp³-hybridized carbons (Fsp3) is 0.375. The minimum Gasteiger partial charge on any atom is -0.388 e. The number of nitrogens with zero attached hydrogens (tertiary/aromatic N) is 4. The van der Waals surface area contributed by atoms with E-state index < -0.39 is 18.1 Å². The van der Waals surface area contributed by atoms with E-state index in [9.17, 15) is 14.7 Å². The lowest BCUT2D eigenvalue weighted by Gasteiger charge is -2.37. The van der Waals surface area contributed by atoms with E-state index >= 15 is 4.39 Å². The van der Waals surface area contributed by atoms with E-state index in [1.807, 2.05) is 31.2 Å². The van der Waals surface area contributed by atoms with Crippen LogP contribution < -0.4 is 10.6 Å². The second kappa shape index (κ2) is 8.35. The van der Waals surface area contributed by atoms with Crippen LogP contribution in [-0.4, -0.2) is 31.9 Å². The molecule has 0 unspecified atom stereocenters. The van der Waals surface area contributed by atoms with Crippen LogP contribution in [0.2, 0.25) is 0 Å². The number of hydrogen-bond acceptors (Lipinski definition) is 4. The number of hydrogen-bond donors (Lipinski definition) is 1. The van der Waals surface area contributed by atoms with Gasteiger partial charge in [-0.2, -0.15) is 4.68 Å². The van der Waals surface area contributed by atoms with Gasteiger partial charge in [-0.25, -0.2) is 9.18 Å². The molecule has 0 aliphatic carbocycles. The molecule has 0 fully saturated rings. The average molecular weight is 439 g/mol. The van der Waals surface area contributed by atoms with Gasteiger partial charge >= 0.3 is 5.69 Å². The summed E-state index contributed by atoms with van der Waals surface area (Å²) in [6.07, 6.45) is 0. The summed E-state index contributed by atoms with van der Waals surface area (Å²) in [4.78, 5) is 27.9. The predicted molar refractivity (Wildman–Crippen MR) is 120 cm³/mol. The van der Waals surface area contributed by atoms with E-state index in [0.29, 0.717) is 24.2 Å². The maximum absolute atomic E-state index is 15.3. The number of halogens is 1. The van der Waals surface area contributed by atoms with Gasteiger partial charge in [0.15, 0.2) is 5.82 Å². The van der Waals surface area contributed by atoms with Crippen LogP contribution in [0.25, 0.3) is 5.69 Å². The number of para-hydroxylation sites is 1. The van der Waals surface area contributed by atoms with Gasteiger partial charge in [0.1, 0.15) is 18.1 Å². The highest BCUT2D eigenvalue weighted by atomic mass is 19.1. The Morgan fingerprint density at radius 1 is 1.19 bits per heavy atom. The Balaban J connectivity index is 1.89. The maximum Gasteiger partial charge on any atom is 0.350 e. The number of aryl methyl sites for hydroxylation is 1. The molecule has 3 aromatic rings. The van der Waals surface area contributed by atoms with Crippen molar-refractivity contribution >= 4 is 11.6 Å². The van der Waals surface area contributed by atoms with Crippen LogP contribution in [0.15, 0.2) is 41.2 Å². The highest BCUT2D eigenvalue weighted by Crippen LogP contribution is 2.38. The van der Waals surface area contributed by atoms with E-state index in [1.54, 1.807) is 17.9 Å². The molecule has 7 nitrogen and oxygen atoms in total. The number of carbonyl (C=O) groups excluding carboxylic acids is 1. The molecule has 168 valence electrons. The molecule has 1 aliphatic rings. The molecule has 1 atom stereocenters. The first-order valence-electron chi connectivity index (χ1n) is 10.8. The van der Waals surface area contributed by atoms with Crippen molar-refractivity contribution in [1.29, 1.82) is 0 Å². The van der Waals surface area contributed by atoms with E-state index in [-0.39, 0.29) is 29.3 Å². The smallest absolute Gasteiger partial charge is 0.350 e. The lowest BCUT2D eigenvalue weighted by Crippen LogP contribution is -2.42. The van der Waals surface area contributed by atoms with Gasteiger partial charge in [0, 0.05) is 30.3 Å². The maximum atomic E-state index is 15.3. The Hall–Kier alpha value is -3.26. The van der Waals surface area contributed by atoms with Gasteiger partial charge in [-0.3, -0.25) is 9.36 Å². The van der Waals surface area contributed by atoms with Gasteiger partial charge < -0.3 is 10.0 Å². The van der Waals surface area contributed by atoms with Crippen molar-refractivity contribution in [2.24, 2.45) is 5.92 Å². The average Bonchev–Trinajstić information content (AvgIpc) is 3.09. The molecule has 0 bridgehead atoms. The van der Waals surface area contributed by atoms with Crippen molar-refractivity contribution in [3.05, 3.63) is 75.2 Å². The zero-order valence-corrected chi connectivity index (χ0v) is 18.7. The van der Waals surface area contributed by atoms with Gasteiger partial charge in [-0.15, -0.1) is 5.10 Å². The van der Waals surface area contributed by atoms with Crippen molar-refractivity contribution in [2.75, 3.05) is 11.4 Å². The minimum absolute atomic E-state index is 0.0153. The molecule has 0 spiro atoms. The molecule has 1 aliphatic heterocycles. The summed E-state index contributed by atoms with van der Waals surface area (Å²) >= 11 is 0. The van der Waals surface area contributed by atoms with E-state index in [4.69, 9.17) is 0 Å². The highest BCUT2D eigenvalue weighted by molar-refractivity contribution is 6.09. The number of rotatable bonds is 5. The molecule has 8 heteroatoms. The normalized spacial score (nSPS) is 16.0. The molecule has 0 saturated carbocycles. The summed E-state index contributed by atoms with van der Waals surface area (Å²) in [6, 6.07) is 10.4. The largest absolute Gasteiger partial charge is 0.388 e. The minimum atomic E-state index is -0.710. The van der Waals surface area contributed by atoms with E-state index in [0.717, 1.165) is 15.9 Å². The highest BCUT2D eigenvalue weighted by Gasteiger charge is 2.35. The Labute approximate surface area is 185 Å². The number of fused-ring (bicyclic) bond motifs is 1. The second-order valence-corrected chi connectivity index (χ2v) is 8.46. The van der Waals surface area contributed by atoms with Crippen molar-refractivity contribution < 1.29 is 14.3 Å². The molecule has 0 radical (unpaired) electrons. The first kappa shape index (κ1) is 22.0. The molecular formula is C24H27FN4O3. The molecule has 4 rings (SSSR count). The molecule has 0 saturated heterocycles. The van der Waals surface area contributed by atoms with E-state index in [1.165, 1.54) is 10.6 Å². The van der Waals surface area contributed by atoms with E-state index in [2.05, 4.69) is 18.9 Å². The molecule has 32 heavy (non-hydrogen) atoms. The Kier molecular flexibility index (Phi) is 5.73. The quantitative estimate of drug-likeness (QED) is 0.662. The Morgan fingerprint density at radius 3 is 2.50 bits per heavy atom. The summed E-state index contributed by atoms with van der Waals surface area (Å²) < 4.78 is 17.5. The predicted octanol–water partition coefficient (Wildman–Crippen LogP) is 3.39. The fourth-order valence-electron chi connectivity index (χ4n) is 4.43. The van der Waals surface area contributed by atoms with Crippen molar-refractivity contribution in [2.45, 2.75) is 46.8 Å². The van der Waals surface area contributed by atoms with Crippen LogP contribution in [0, 0.1) is 18.7 Å². The number of aliphatic hydroxyl groups is 1. The zero-order chi connectivity index (χ0) is 23.2. The molecule has 2 aromatic carbocycles. The Morgan fingerprint density at radius 2 is 1.91 bits per heavy atom. The summed E-state index contributed by atoms with van der Waals surface area (Å²) in [5, 5.41) is 13.6. The topological polar surface area (TPSA) is 80.4 Å². The number of aliphatic hydroxyl groups excluding tert-OH is 1. The van der Waals surface area contributed by atoms with Crippen LogP contribution >= 0.6 is 0 Å². The molecule has 1 N–H and O–H groups in total. The lowest BCUT2D eigenvalue weighted by atomic mass is 9.81. The third kappa shape index (κ3) is 3.44. The van der Waals surface area contributed by atoms with Crippen LogP contribution in [0.3, 0.4) is 0 Å². The number of aromatic nitrogens is 3. The van der Waals surface area contributed by atoms with Crippen LogP contribution in [0.4, 0.5) is 10.1 Å². The molecule has 1 aromatic heterocycles. The van der Waals surface area contributed by atoms with Gasteiger partial charge in [0.2, 0.25) is 0 Å². The summed E-state index contributed by atoms with van der Waals surface area (Å²) in [7, 11) is 0.